The molecule has 11 heteroatoms. The van der Waals surface area contributed by atoms with Gasteiger partial charge < -0.3 is 29.6 Å². The zero-order valence-corrected chi connectivity index (χ0v) is 28.2. The number of amides is 2. The second kappa shape index (κ2) is 14.5. The Morgan fingerprint density at radius 2 is 1.04 bits per heavy atom. The minimum atomic E-state index is -1.18. The Hall–Kier alpha value is -4.21. The summed E-state index contributed by atoms with van der Waals surface area (Å²) in [7, 11) is 3.09. The normalized spacial score (nSPS) is 13.7. The number of rotatable bonds is 12. The molecule has 0 saturated carbocycles. The van der Waals surface area contributed by atoms with Crippen molar-refractivity contribution in [3.63, 3.8) is 0 Å². The number of carbonyl (C=O) groups is 3. The first kappa shape index (κ1) is 34.7. The lowest BCUT2D eigenvalue weighted by molar-refractivity contribution is -0.121. The van der Waals surface area contributed by atoms with Crippen LogP contribution in [0.15, 0.2) is 60.7 Å². The molecular formula is C35H38Cl2N2O7. The summed E-state index contributed by atoms with van der Waals surface area (Å²) in [6.07, 6.45) is -1.56. The van der Waals surface area contributed by atoms with Gasteiger partial charge in [-0.25, -0.2) is 9.59 Å². The maximum absolute atomic E-state index is 14.0. The third kappa shape index (κ3) is 7.43. The van der Waals surface area contributed by atoms with Gasteiger partial charge in [0.2, 0.25) is 0 Å². The van der Waals surface area contributed by atoms with Crippen molar-refractivity contribution in [1.82, 2.24) is 10.6 Å². The predicted molar refractivity (Wildman–Crippen MR) is 180 cm³/mol. The Morgan fingerprint density at radius 3 is 1.39 bits per heavy atom. The van der Waals surface area contributed by atoms with Gasteiger partial charge in [0, 0.05) is 23.6 Å². The van der Waals surface area contributed by atoms with Crippen molar-refractivity contribution in [2.75, 3.05) is 27.4 Å². The lowest BCUT2D eigenvalue weighted by Gasteiger charge is -2.34. The number of benzene rings is 4. The van der Waals surface area contributed by atoms with Gasteiger partial charge in [-0.3, -0.25) is 4.79 Å². The molecule has 0 aliphatic carbocycles. The van der Waals surface area contributed by atoms with E-state index in [1.807, 2.05) is 48.5 Å². The molecule has 4 aromatic carbocycles. The minimum Gasteiger partial charge on any atom is -0.495 e. The Balaban J connectivity index is 1.73. The Morgan fingerprint density at radius 1 is 0.652 bits per heavy atom. The van der Waals surface area contributed by atoms with Gasteiger partial charge in [0.1, 0.15) is 17.3 Å². The summed E-state index contributed by atoms with van der Waals surface area (Å²) in [5, 5.41) is 9.82. The van der Waals surface area contributed by atoms with Gasteiger partial charge >= 0.3 is 12.2 Å². The molecule has 2 N–H and O–H groups in total. The van der Waals surface area contributed by atoms with Crippen LogP contribution in [-0.4, -0.2) is 45.4 Å². The number of alkyl carbamates (subject to hydrolysis) is 2. The van der Waals surface area contributed by atoms with Crippen molar-refractivity contribution in [3.05, 3.63) is 81.8 Å². The molecule has 0 saturated heterocycles. The lowest BCUT2D eigenvalue weighted by atomic mass is 9.80. The molecule has 0 heterocycles. The minimum absolute atomic E-state index is 0.113. The van der Waals surface area contributed by atoms with Gasteiger partial charge in [-0.15, -0.1) is 0 Å². The molecule has 46 heavy (non-hydrogen) atoms. The van der Waals surface area contributed by atoms with Crippen LogP contribution in [0.25, 0.3) is 21.5 Å². The van der Waals surface area contributed by atoms with Crippen molar-refractivity contribution in [1.29, 1.82) is 0 Å². The van der Waals surface area contributed by atoms with Crippen molar-refractivity contribution in [3.8, 4) is 11.5 Å². The molecule has 0 spiro atoms. The topological polar surface area (TPSA) is 112 Å². The fourth-order valence-electron chi connectivity index (χ4n) is 5.62. The number of ether oxygens (including phenoxy) is 4. The lowest BCUT2D eigenvalue weighted by Crippen LogP contribution is -2.48. The van der Waals surface area contributed by atoms with Gasteiger partial charge in [0.05, 0.1) is 48.6 Å². The number of nitrogens with one attached hydrogen (secondary N) is 2. The molecule has 0 radical (unpaired) electrons. The van der Waals surface area contributed by atoms with E-state index in [1.54, 1.807) is 54.0 Å². The summed E-state index contributed by atoms with van der Waals surface area (Å²) in [6, 6.07) is 18.3. The number of hydrogen-bond acceptors (Lipinski definition) is 7. The standard InChI is InChI=1S/C35H38Cl2N2O7/c1-7-45-32(41)38-34(3,23-11-13-26-21(17-23)9-15-28(43-5)30(26)36)19-25(40)20-35(4,39-33(42)46-8-2)24-12-14-27-22(18-24)10-16-29(44-6)31(27)37/h9-18H,7-8,19-20H2,1-6H3,(H,38,41)(H,39,42)/t34-,35-/m0/s1. The second-order valence-electron chi connectivity index (χ2n) is 11.3. The largest absolute Gasteiger partial charge is 0.495 e. The second-order valence-corrected chi connectivity index (χ2v) is 12.0. The maximum Gasteiger partial charge on any atom is 0.407 e. The first-order valence-electron chi connectivity index (χ1n) is 14.8. The number of hydrogen-bond donors (Lipinski definition) is 2. The molecular weight excluding hydrogens is 631 g/mol. The fourth-order valence-corrected chi connectivity index (χ4v) is 6.24. The first-order chi connectivity index (χ1) is 21.9. The van der Waals surface area contributed by atoms with Crippen LogP contribution in [0.3, 0.4) is 0 Å². The van der Waals surface area contributed by atoms with E-state index >= 15 is 0 Å². The van der Waals surface area contributed by atoms with Crippen molar-refractivity contribution >= 4 is 62.7 Å². The van der Waals surface area contributed by atoms with Crippen molar-refractivity contribution in [2.45, 2.75) is 51.6 Å². The van der Waals surface area contributed by atoms with Gasteiger partial charge in [0.25, 0.3) is 0 Å². The third-order valence-corrected chi connectivity index (χ3v) is 8.74. The van der Waals surface area contributed by atoms with Gasteiger partial charge in [-0.1, -0.05) is 59.6 Å². The molecule has 0 aliphatic heterocycles. The molecule has 244 valence electrons. The van der Waals surface area contributed by atoms with Crippen LogP contribution >= 0.6 is 23.2 Å². The maximum atomic E-state index is 14.0. The van der Waals surface area contributed by atoms with E-state index in [1.165, 1.54) is 0 Å². The van der Waals surface area contributed by atoms with E-state index in [-0.39, 0.29) is 31.8 Å². The Kier molecular flexibility index (Phi) is 10.9. The van der Waals surface area contributed by atoms with E-state index in [0.717, 1.165) is 21.5 Å². The van der Waals surface area contributed by atoms with Crippen molar-refractivity contribution < 1.29 is 33.3 Å². The summed E-state index contributed by atoms with van der Waals surface area (Å²) in [5.74, 6) is 0.834. The number of fused-ring (bicyclic) bond motifs is 2. The van der Waals surface area contributed by atoms with Crippen LogP contribution in [-0.2, 0) is 25.3 Å². The zero-order valence-electron chi connectivity index (χ0n) is 26.7. The summed E-state index contributed by atoms with van der Waals surface area (Å²) in [6.45, 7) is 7.23. The van der Waals surface area contributed by atoms with Crippen LogP contribution in [0.4, 0.5) is 9.59 Å². The molecule has 2 amide bonds. The van der Waals surface area contributed by atoms with Crippen LogP contribution in [0.5, 0.6) is 11.5 Å². The quantitative estimate of drug-likeness (QED) is 0.156. The monoisotopic (exact) mass is 668 g/mol. The van der Waals surface area contributed by atoms with Crippen LogP contribution in [0.1, 0.15) is 51.7 Å². The zero-order chi connectivity index (χ0) is 33.6. The SMILES string of the molecule is CCOC(=O)N[C@@](C)(CC(=O)C[C@](C)(NC(=O)OCC)c1ccc2c(Cl)c(OC)ccc2c1)c1ccc2c(Cl)c(OC)ccc2c1. The average Bonchev–Trinajstić information content (AvgIpc) is 3.01. The summed E-state index contributed by atoms with van der Waals surface area (Å²) < 4.78 is 21.1. The van der Waals surface area contributed by atoms with E-state index in [4.69, 9.17) is 42.1 Å². The van der Waals surface area contributed by atoms with E-state index in [0.29, 0.717) is 32.7 Å². The molecule has 2 atom stereocenters. The Labute approximate surface area is 278 Å². The van der Waals surface area contributed by atoms with Crippen molar-refractivity contribution in [2.24, 2.45) is 0 Å². The predicted octanol–water partition coefficient (Wildman–Crippen LogP) is 8.29. The number of methoxy groups -OCH3 is 2. The Bertz CT molecular complexity index is 1650. The van der Waals surface area contributed by atoms with E-state index in [2.05, 4.69) is 10.6 Å². The van der Waals surface area contributed by atoms with E-state index < -0.39 is 23.3 Å². The third-order valence-electron chi connectivity index (χ3n) is 7.96. The molecule has 9 nitrogen and oxygen atoms in total. The van der Waals surface area contributed by atoms with E-state index in [9.17, 15) is 14.4 Å². The summed E-state index contributed by atoms with van der Waals surface area (Å²) >= 11 is 13.1. The molecule has 0 aromatic heterocycles. The molecule has 0 aliphatic rings. The van der Waals surface area contributed by atoms with Crippen LogP contribution < -0.4 is 20.1 Å². The summed E-state index contributed by atoms with van der Waals surface area (Å²) in [4.78, 5) is 39.6. The molecule has 0 bridgehead atoms. The van der Waals surface area contributed by atoms with Gasteiger partial charge in [0.15, 0.2) is 0 Å². The van der Waals surface area contributed by atoms with Gasteiger partial charge in [-0.05, 0) is 73.9 Å². The molecule has 4 rings (SSSR count). The molecule has 4 aromatic rings. The highest BCUT2D eigenvalue weighted by Crippen LogP contribution is 2.38. The molecule has 0 unspecified atom stereocenters. The highest BCUT2D eigenvalue weighted by molar-refractivity contribution is 6.37. The number of Topliss-reactive ketones (excluding diaryl/α,β-unsaturated/α-hetero) is 1. The van der Waals surface area contributed by atoms with Crippen LogP contribution in [0.2, 0.25) is 10.0 Å². The number of halogens is 2. The first-order valence-corrected chi connectivity index (χ1v) is 15.6. The highest BCUT2D eigenvalue weighted by atomic mass is 35.5. The summed E-state index contributed by atoms with van der Waals surface area (Å²) in [5.41, 5.74) is -1.03. The fraction of sp³-hybridized carbons (Fsp3) is 0.343. The smallest absolute Gasteiger partial charge is 0.407 e. The van der Waals surface area contributed by atoms with Crippen LogP contribution in [0, 0.1) is 0 Å². The average molecular weight is 670 g/mol. The number of carbonyl (C=O) groups excluding carboxylic acids is 3. The molecule has 0 fully saturated rings. The van der Waals surface area contributed by atoms with Gasteiger partial charge in [-0.2, -0.15) is 0 Å². The highest BCUT2D eigenvalue weighted by Gasteiger charge is 2.37. The number of ketones is 1.